The number of hydrogen-bond donors (Lipinski definition) is 3. The molecule has 0 spiro atoms. The number of phenolic OH excluding ortho intramolecular Hbond substituents is 1. The minimum atomic E-state index is -0.813. The normalized spacial score (nSPS) is 12.0. The van der Waals surface area contributed by atoms with Crippen molar-refractivity contribution in [2.45, 2.75) is 64.2 Å². The minimum absolute atomic E-state index is 0.158. The van der Waals surface area contributed by atoms with Crippen molar-refractivity contribution in [2.75, 3.05) is 0 Å². The lowest BCUT2D eigenvalue weighted by atomic mass is 9.93. The van der Waals surface area contributed by atoms with Gasteiger partial charge in [-0.1, -0.05) is 56.7 Å². The van der Waals surface area contributed by atoms with Gasteiger partial charge in [0, 0.05) is 6.42 Å². The number of para-hydroxylation sites is 1. The van der Waals surface area contributed by atoms with Crippen LogP contribution in [0.4, 0.5) is 0 Å². The molecule has 0 heterocycles. The predicted octanol–water partition coefficient (Wildman–Crippen LogP) is 4.23. The maximum atomic E-state index is 11.4. The monoisotopic (exact) mass is 336 g/mol. The zero-order chi connectivity index (χ0) is 17.8. The average Bonchev–Trinajstić information content (AvgIpc) is 2.53. The van der Waals surface area contributed by atoms with E-state index >= 15 is 0 Å². The summed E-state index contributed by atoms with van der Waals surface area (Å²) in [6.07, 6.45) is 7.89. The Morgan fingerprint density at radius 3 is 2.04 bits per heavy atom. The van der Waals surface area contributed by atoms with Gasteiger partial charge in [0.1, 0.15) is 5.75 Å². The number of rotatable bonds is 13. The van der Waals surface area contributed by atoms with Gasteiger partial charge in [-0.25, -0.2) is 0 Å². The Morgan fingerprint density at radius 2 is 1.46 bits per heavy atom. The van der Waals surface area contributed by atoms with Crippen LogP contribution in [0.15, 0.2) is 24.3 Å². The zero-order valence-electron chi connectivity index (χ0n) is 14.1. The average molecular weight is 336 g/mol. The number of unbranched alkanes of at least 4 members (excludes halogenated alkanes) is 6. The van der Waals surface area contributed by atoms with Crippen molar-refractivity contribution in [3.8, 4) is 5.75 Å². The molecule has 0 bridgehead atoms. The molecule has 0 aliphatic rings. The quantitative estimate of drug-likeness (QED) is 0.469. The van der Waals surface area contributed by atoms with Crippen molar-refractivity contribution < 1.29 is 24.9 Å². The maximum Gasteiger partial charge on any atom is 0.306 e. The molecule has 1 unspecified atom stereocenters. The summed E-state index contributed by atoms with van der Waals surface area (Å²) in [5.41, 5.74) is 0.684. The van der Waals surface area contributed by atoms with Crippen LogP contribution in [0.1, 0.15) is 63.4 Å². The highest BCUT2D eigenvalue weighted by atomic mass is 16.4. The lowest BCUT2D eigenvalue weighted by Gasteiger charge is -2.13. The maximum absolute atomic E-state index is 11.4. The molecule has 0 aliphatic heterocycles. The summed E-state index contributed by atoms with van der Waals surface area (Å²) in [5, 5.41) is 27.6. The van der Waals surface area contributed by atoms with E-state index < -0.39 is 17.9 Å². The lowest BCUT2D eigenvalue weighted by molar-refractivity contribution is -0.142. The summed E-state index contributed by atoms with van der Waals surface area (Å²) in [5.74, 6) is -1.86. The molecular formula is C19H28O5. The molecule has 0 amide bonds. The fourth-order valence-electron chi connectivity index (χ4n) is 2.81. The molecule has 1 rings (SSSR count). The first kappa shape index (κ1) is 20.0. The molecule has 0 saturated heterocycles. The van der Waals surface area contributed by atoms with Crippen LogP contribution >= 0.6 is 0 Å². The van der Waals surface area contributed by atoms with Gasteiger partial charge in [-0.3, -0.25) is 9.59 Å². The molecule has 0 fully saturated rings. The number of phenols is 1. The van der Waals surface area contributed by atoms with Gasteiger partial charge >= 0.3 is 11.9 Å². The summed E-state index contributed by atoms with van der Waals surface area (Å²) in [7, 11) is 0. The van der Waals surface area contributed by atoms with E-state index in [2.05, 4.69) is 0 Å². The minimum Gasteiger partial charge on any atom is -0.508 e. The smallest absolute Gasteiger partial charge is 0.306 e. The molecule has 1 aromatic carbocycles. The first-order valence-electron chi connectivity index (χ1n) is 8.72. The number of carboxylic acids is 2. The van der Waals surface area contributed by atoms with Crippen LogP contribution < -0.4 is 0 Å². The third-order valence-electron chi connectivity index (χ3n) is 4.25. The van der Waals surface area contributed by atoms with Gasteiger partial charge in [-0.2, -0.15) is 0 Å². The van der Waals surface area contributed by atoms with Crippen LogP contribution in [-0.2, 0) is 16.0 Å². The van der Waals surface area contributed by atoms with E-state index in [9.17, 15) is 19.8 Å². The summed E-state index contributed by atoms with van der Waals surface area (Å²) in [6.45, 7) is 0. The standard InChI is InChI=1S/C19H28O5/c20-17-12-9-8-10-15(17)14-16(19(23)24)11-6-4-2-1-3-5-7-13-18(21)22/h8-10,12,16,20H,1-7,11,13-14H2,(H,21,22)(H,23,24). The van der Waals surface area contributed by atoms with Crippen molar-refractivity contribution in [1.29, 1.82) is 0 Å². The van der Waals surface area contributed by atoms with E-state index in [4.69, 9.17) is 5.11 Å². The molecule has 0 radical (unpaired) electrons. The summed E-state index contributed by atoms with van der Waals surface area (Å²) in [6, 6.07) is 6.88. The van der Waals surface area contributed by atoms with Gasteiger partial charge in [-0.05, 0) is 30.9 Å². The summed E-state index contributed by atoms with van der Waals surface area (Å²) < 4.78 is 0. The van der Waals surface area contributed by atoms with Crippen LogP contribution in [0.25, 0.3) is 0 Å². The van der Waals surface area contributed by atoms with Crippen LogP contribution in [-0.4, -0.2) is 27.3 Å². The van der Waals surface area contributed by atoms with Crippen molar-refractivity contribution in [2.24, 2.45) is 5.92 Å². The second-order valence-corrected chi connectivity index (χ2v) is 6.28. The number of hydrogen-bond acceptors (Lipinski definition) is 3. The van der Waals surface area contributed by atoms with E-state index in [1.165, 1.54) is 0 Å². The topological polar surface area (TPSA) is 94.8 Å². The van der Waals surface area contributed by atoms with Crippen LogP contribution in [0.3, 0.4) is 0 Å². The van der Waals surface area contributed by atoms with Gasteiger partial charge in [-0.15, -0.1) is 0 Å². The number of aliphatic carboxylic acids is 2. The third-order valence-corrected chi connectivity index (χ3v) is 4.25. The molecule has 0 aromatic heterocycles. The Labute approximate surface area is 143 Å². The molecule has 1 aromatic rings. The van der Waals surface area contributed by atoms with Gasteiger partial charge in [0.05, 0.1) is 5.92 Å². The fourth-order valence-corrected chi connectivity index (χ4v) is 2.81. The van der Waals surface area contributed by atoms with Crippen LogP contribution in [0.5, 0.6) is 5.75 Å². The Kier molecular flexibility index (Phi) is 9.58. The van der Waals surface area contributed by atoms with Crippen LogP contribution in [0, 0.1) is 5.92 Å². The predicted molar refractivity (Wildman–Crippen MR) is 92.1 cm³/mol. The second-order valence-electron chi connectivity index (χ2n) is 6.28. The Balaban J connectivity index is 2.17. The highest BCUT2D eigenvalue weighted by molar-refractivity contribution is 5.70. The molecular weight excluding hydrogens is 308 g/mol. The molecule has 24 heavy (non-hydrogen) atoms. The fraction of sp³-hybridized carbons (Fsp3) is 0.579. The lowest BCUT2D eigenvalue weighted by Crippen LogP contribution is -2.16. The second kappa shape index (κ2) is 11.5. The third kappa shape index (κ3) is 8.56. The Hall–Kier alpha value is -2.04. The molecule has 0 aliphatic carbocycles. The molecule has 1 atom stereocenters. The zero-order valence-corrected chi connectivity index (χ0v) is 14.1. The molecule has 5 nitrogen and oxygen atoms in total. The first-order chi connectivity index (χ1) is 11.5. The van der Waals surface area contributed by atoms with Crippen molar-refractivity contribution >= 4 is 11.9 Å². The van der Waals surface area contributed by atoms with Crippen molar-refractivity contribution in [1.82, 2.24) is 0 Å². The van der Waals surface area contributed by atoms with E-state index in [-0.39, 0.29) is 12.2 Å². The molecule has 134 valence electrons. The van der Waals surface area contributed by atoms with E-state index in [0.29, 0.717) is 18.4 Å². The number of carboxylic acid groups (broad SMARTS) is 2. The van der Waals surface area contributed by atoms with Gasteiger partial charge in [0.25, 0.3) is 0 Å². The number of aromatic hydroxyl groups is 1. The SMILES string of the molecule is O=C(O)CCCCCCCCCC(Cc1ccccc1O)C(=O)O. The molecule has 5 heteroatoms. The highest BCUT2D eigenvalue weighted by Crippen LogP contribution is 2.23. The summed E-state index contributed by atoms with van der Waals surface area (Å²) >= 11 is 0. The molecule has 0 saturated carbocycles. The largest absolute Gasteiger partial charge is 0.508 e. The van der Waals surface area contributed by atoms with E-state index in [0.717, 1.165) is 44.9 Å². The van der Waals surface area contributed by atoms with Crippen molar-refractivity contribution in [3.63, 3.8) is 0 Å². The van der Waals surface area contributed by atoms with E-state index in [1.807, 2.05) is 0 Å². The first-order valence-corrected chi connectivity index (χ1v) is 8.72. The number of carbonyl (C=O) groups is 2. The van der Waals surface area contributed by atoms with Crippen LogP contribution in [0.2, 0.25) is 0 Å². The Bertz CT molecular complexity index is 512. The number of benzene rings is 1. The molecule has 3 N–H and O–H groups in total. The summed E-state index contributed by atoms with van der Waals surface area (Å²) in [4.78, 5) is 21.8. The highest BCUT2D eigenvalue weighted by Gasteiger charge is 2.18. The van der Waals surface area contributed by atoms with Gasteiger partial charge in [0.2, 0.25) is 0 Å². The van der Waals surface area contributed by atoms with Gasteiger partial charge in [0.15, 0.2) is 0 Å². The van der Waals surface area contributed by atoms with E-state index in [1.54, 1.807) is 24.3 Å². The van der Waals surface area contributed by atoms with Gasteiger partial charge < -0.3 is 15.3 Å². The Morgan fingerprint density at radius 1 is 0.875 bits per heavy atom. The van der Waals surface area contributed by atoms with Crippen molar-refractivity contribution in [3.05, 3.63) is 29.8 Å².